The van der Waals surface area contributed by atoms with Crippen LogP contribution in [0, 0.1) is 0 Å². The molecule has 7 heteroatoms. The Morgan fingerprint density at radius 1 is 0.909 bits per heavy atom. The summed E-state index contributed by atoms with van der Waals surface area (Å²) in [6.07, 6.45) is 1.09. The number of nitrogens with one attached hydrogen (secondary N) is 1. The van der Waals surface area contributed by atoms with Crippen LogP contribution in [0.1, 0.15) is 34.6 Å². The molecule has 2 aliphatic heterocycles. The fourth-order valence-electron chi connectivity index (χ4n) is 4.60. The van der Waals surface area contributed by atoms with Crippen LogP contribution in [0.4, 0.5) is 0 Å². The second-order valence-electron chi connectivity index (χ2n) is 8.42. The summed E-state index contributed by atoms with van der Waals surface area (Å²) in [6.45, 7) is 1.21. The first-order chi connectivity index (χ1) is 16.0. The van der Waals surface area contributed by atoms with Gasteiger partial charge in [0.2, 0.25) is 15.9 Å². The number of benzene rings is 3. The molecule has 5 rings (SSSR count). The summed E-state index contributed by atoms with van der Waals surface area (Å²) >= 11 is 0. The zero-order chi connectivity index (χ0) is 22.8. The highest BCUT2D eigenvalue weighted by Crippen LogP contribution is 2.43. The lowest BCUT2D eigenvalue weighted by molar-refractivity contribution is -0.121. The number of carbonyl (C=O) groups excluding carboxylic acids is 1. The quantitative estimate of drug-likeness (QED) is 0.565. The van der Waals surface area contributed by atoms with Crippen LogP contribution in [-0.4, -0.2) is 37.5 Å². The molecule has 170 valence electrons. The molecule has 33 heavy (non-hydrogen) atoms. The van der Waals surface area contributed by atoms with Gasteiger partial charge < -0.3 is 10.1 Å². The van der Waals surface area contributed by atoms with Gasteiger partial charge in [-0.3, -0.25) is 4.79 Å². The van der Waals surface area contributed by atoms with Gasteiger partial charge in [-0.2, -0.15) is 4.31 Å². The van der Waals surface area contributed by atoms with E-state index in [2.05, 4.69) is 11.4 Å². The summed E-state index contributed by atoms with van der Waals surface area (Å²) < 4.78 is 33.2. The van der Waals surface area contributed by atoms with Crippen molar-refractivity contribution in [1.29, 1.82) is 0 Å². The van der Waals surface area contributed by atoms with Crippen LogP contribution in [0.25, 0.3) is 0 Å². The zero-order valence-electron chi connectivity index (χ0n) is 18.2. The van der Waals surface area contributed by atoms with Crippen molar-refractivity contribution < 1.29 is 17.9 Å². The highest BCUT2D eigenvalue weighted by atomic mass is 32.2. The summed E-state index contributed by atoms with van der Waals surface area (Å²) in [5, 5.41) is 2.95. The third kappa shape index (κ3) is 4.38. The minimum atomic E-state index is -3.38. The minimum Gasteiger partial charge on any atom is -0.457 e. The van der Waals surface area contributed by atoms with Crippen LogP contribution < -0.4 is 10.1 Å². The Kier molecular flexibility index (Phi) is 5.91. The second-order valence-corrected chi connectivity index (χ2v) is 10.5. The maximum absolute atomic E-state index is 13.2. The van der Waals surface area contributed by atoms with Crippen LogP contribution in [0.15, 0.2) is 72.8 Å². The van der Waals surface area contributed by atoms with E-state index in [1.807, 2.05) is 66.7 Å². The first-order valence-electron chi connectivity index (χ1n) is 11.2. The number of fused-ring (bicyclic) bond motifs is 3. The second kappa shape index (κ2) is 9.00. The van der Waals surface area contributed by atoms with Gasteiger partial charge in [0, 0.05) is 30.8 Å². The summed E-state index contributed by atoms with van der Waals surface area (Å²) in [5.41, 5.74) is 3.91. The first kappa shape index (κ1) is 21.7. The Labute approximate surface area is 194 Å². The van der Waals surface area contributed by atoms with E-state index in [9.17, 15) is 13.2 Å². The fraction of sp³-hybridized carbons (Fsp3) is 0.269. The number of ether oxygens (including phenoxy) is 1. The number of amides is 1. The van der Waals surface area contributed by atoms with Gasteiger partial charge in [-0.1, -0.05) is 60.7 Å². The van der Waals surface area contributed by atoms with Gasteiger partial charge in [-0.05, 0) is 36.1 Å². The van der Waals surface area contributed by atoms with Gasteiger partial charge in [0.05, 0.1) is 11.7 Å². The van der Waals surface area contributed by atoms with Gasteiger partial charge in [-0.15, -0.1) is 0 Å². The molecule has 0 bridgehead atoms. The molecule has 2 heterocycles. The first-order valence-corrected chi connectivity index (χ1v) is 12.8. The van der Waals surface area contributed by atoms with Gasteiger partial charge in [0.15, 0.2) is 0 Å². The summed E-state index contributed by atoms with van der Waals surface area (Å²) in [5.74, 6) is 0.716. The molecule has 0 fully saturated rings. The predicted molar refractivity (Wildman–Crippen MR) is 127 cm³/mol. The fourth-order valence-corrected chi connectivity index (χ4v) is 6.07. The molecule has 3 aromatic rings. The van der Waals surface area contributed by atoms with Crippen LogP contribution in [-0.2, 0) is 27.8 Å². The van der Waals surface area contributed by atoms with Crippen molar-refractivity contribution in [3.63, 3.8) is 0 Å². The van der Waals surface area contributed by atoms with Crippen LogP contribution in [0.2, 0.25) is 0 Å². The van der Waals surface area contributed by atoms with E-state index >= 15 is 0 Å². The Bertz CT molecular complexity index is 1240. The predicted octanol–water partition coefficient (Wildman–Crippen LogP) is 3.82. The standard InChI is InChI=1S/C26H26N2O4S/c29-26(25-21-10-3-5-12-23(21)32-24-13-6-4-11-22(24)25)27-15-7-17-33(30,31)28-16-14-19-8-1-2-9-20(19)18-28/h1-6,8-13,25H,7,14-18H2,(H,27,29). The molecular weight excluding hydrogens is 436 g/mol. The monoisotopic (exact) mass is 462 g/mol. The number of rotatable bonds is 6. The highest BCUT2D eigenvalue weighted by molar-refractivity contribution is 7.89. The molecule has 3 aromatic carbocycles. The van der Waals surface area contributed by atoms with E-state index in [1.54, 1.807) is 4.31 Å². The summed E-state index contributed by atoms with van der Waals surface area (Å²) in [6, 6.07) is 23.0. The Morgan fingerprint density at radius 2 is 1.52 bits per heavy atom. The van der Waals surface area contributed by atoms with Crippen LogP contribution in [0.5, 0.6) is 11.5 Å². The molecule has 0 aromatic heterocycles. The molecule has 1 amide bonds. The van der Waals surface area contributed by atoms with E-state index in [1.165, 1.54) is 5.56 Å². The van der Waals surface area contributed by atoms with Crippen molar-refractivity contribution in [2.24, 2.45) is 0 Å². The molecule has 1 N–H and O–H groups in total. The Balaban J connectivity index is 1.21. The molecule has 0 saturated carbocycles. The number of hydrogen-bond donors (Lipinski definition) is 1. The van der Waals surface area contributed by atoms with Crippen LogP contribution >= 0.6 is 0 Å². The van der Waals surface area contributed by atoms with Gasteiger partial charge >= 0.3 is 0 Å². The lowest BCUT2D eigenvalue weighted by Crippen LogP contribution is -2.38. The van der Waals surface area contributed by atoms with Crippen LogP contribution in [0.3, 0.4) is 0 Å². The number of nitrogens with zero attached hydrogens (tertiary/aromatic N) is 1. The molecule has 6 nitrogen and oxygen atoms in total. The van der Waals surface area contributed by atoms with Crippen molar-refractivity contribution in [2.45, 2.75) is 25.3 Å². The van der Waals surface area contributed by atoms with Crippen molar-refractivity contribution in [3.05, 3.63) is 95.1 Å². The van der Waals surface area contributed by atoms with E-state index in [0.29, 0.717) is 37.6 Å². The lowest BCUT2D eigenvalue weighted by atomic mass is 9.87. The van der Waals surface area contributed by atoms with Crippen molar-refractivity contribution in [3.8, 4) is 11.5 Å². The minimum absolute atomic E-state index is 0.0103. The molecule has 0 radical (unpaired) electrons. The molecule has 2 aliphatic rings. The third-order valence-corrected chi connectivity index (χ3v) is 8.21. The summed E-state index contributed by atoms with van der Waals surface area (Å²) in [7, 11) is -3.38. The topological polar surface area (TPSA) is 75.7 Å². The maximum Gasteiger partial charge on any atom is 0.232 e. The highest BCUT2D eigenvalue weighted by Gasteiger charge is 2.32. The van der Waals surface area contributed by atoms with E-state index in [-0.39, 0.29) is 11.7 Å². The van der Waals surface area contributed by atoms with E-state index < -0.39 is 15.9 Å². The van der Waals surface area contributed by atoms with E-state index in [0.717, 1.165) is 23.1 Å². The molecule has 0 atom stereocenters. The van der Waals surface area contributed by atoms with E-state index in [4.69, 9.17) is 4.74 Å². The average molecular weight is 463 g/mol. The number of hydrogen-bond acceptors (Lipinski definition) is 4. The van der Waals surface area contributed by atoms with Gasteiger partial charge in [0.1, 0.15) is 11.5 Å². The number of para-hydroxylation sites is 2. The Morgan fingerprint density at radius 3 is 2.21 bits per heavy atom. The number of carbonyl (C=O) groups is 1. The molecule has 0 unspecified atom stereocenters. The zero-order valence-corrected chi connectivity index (χ0v) is 19.1. The SMILES string of the molecule is O=C(NCCCS(=O)(=O)N1CCc2ccccc2C1)C1c2ccccc2Oc2ccccc21. The average Bonchev–Trinajstić information content (AvgIpc) is 2.84. The molecular formula is C26H26N2O4S. The molecule has 0 aliphatic carbocycles. The molecule has 0 spiro atoms. The smallest absolute Gasteiger partial charge is 0.232 e. The van der Waals surface area contributed by atoms with Crippen molar-refractivity contribution in [1.82, 2.24) is 9.62 Å². The van der Waals surface area contributed by atoms with Crippen molar-refractivity contribution in [2.75, 3.05) is 18.8 Å². The third-order valence-electron chi connectivity index (χ3n) is 6.31. The lowest BCUT2D eigenvalue weighted by Gasteiger charge is -2.28. The van der Waals surface area contributed by atoms with Crippen molar-refractivity contribution >= 4 is 15.9 Å². The maximum atomic E-state index is 13.2. The number of sulfonamides is 1. The largest absolute Gasteiger partial charge is 0.457 e. The Hall–Kier alpha value is -3.16. The van der Waals surface area contributed by atoms with Gasteiger partial charge in [0.25, 0.3) is 0 Å². The van der Waals surface area contributed by atoms with Gasteiger partial charge in [-0.25, -0.2) is 8.42 Å². The summed E-state index contributed by atoms with van der Waals surface area (Å²) in [4.78, 5) is 13.2. The normalized spacial score (nSPS) is 15.6. The molecule has 0 saturated heterocycles.